The van der Waals surface area contributed by atoms with Crippen LogP contribution in [0.3, 0.4) is 0 Å². The van der Waals surface area contributed by atoms with Crippen molar-refractivity contribution in [2.24, 2.45) is 0 Å². The summed E-state index contributed by atoms with van der Waals surface area (Å²) in [5.74, 6) is -2.35. The lowest BCUT2D eigenvalue weighted by Gasteiger charge is -2.39. The molecule has 3 aliphatic rings. The van der Waals surface area contributed by atoms with E-state index in [4.69, 9.17) is 9.72 Å². The third-order valence-corrected chi connectivity index (χ3v) is 6.24. The van der Waals surface area contributed by atoms with Gasteiger partial charge in [0, 0.05) is 44.1 Å². The average Bonchev–Trinajstić information content (AvgIpc) is 3.21. The monoisotopic (exact) mass is 432 g/mol. The Kier molecular flexibility index (Phi) is 4.91. The highest BCUT2D eigenvalue weighted by atomic mass is 19.2. The predicted molar refractivity (Wildman–Crippen MR) is 110 cm³/mol. The summed E-state index contributed by atoms with van der Waals surface area (Å²) < 4.78 is 45.3. The number of amides is 1. The summed E-state index contributed by atoms with van der Waals surface area (Å²) >= 11 is 0. The minimum Gasteiger partial charge on any atom is -0.490 e. The normalized spacial score (nSPS) is 24.5. The van der Waals surface area contributed by atoms with E-state index < -0.39 is 17.5 Å². The lowest BCUT2D eigenvalue weighted by molar-refractivity contribution is -0.119. The third-order valence-electron chi connectivity index (χ3n) is 6.24. The van der Waals surface area contributed by atoms with E-state index in [1.165, 1.54) is 0 Å². The molecule has 2 aromatic rings. The van der Waals surface area contributed by atoms with Gasteiger partial charge in [0.25, 0.3) is 0 Å². The lowest BCUT2D eigenvalue weighted by atomic mass is 9.89. The summed E-state index contributed by atoms with van der Waals surface area (Å²) in [6.45, 7) is 3.39. The number of aromatic nitrogens is 1. The van der Waals surface area contributed by atoms with Crippen LogP contribution in [0.4, 0.5) is 30.5 Å². The zero-order valence-electron chi connectivity index (χ0n) is 17.1. The highest BCUT2D eigenvalue weighted by Crippen LogP contribution is 2.40. The number of ether oxygens (including phenoxy) is 1. The van der Waals surface area contributed by atoms with Gasteiger partial charge in [0.05, 0.1) is 5.69 Å². The van der Waals surface area contributed by atoms with Crippen LogP contribution in [0.15, 0.2) is 24.3 Å². The van der Waals surface area contributed by atoms with E-state index in [9.17, 15) is 18.0 Å². The second-order valence-electron chi connectivity index (χ2n) is 8.23. The van der Waals surface area contributed by atoms with Crippen LogP contribution in [0.2, 0.25) is 0 Å². The number of hydrogen-bond acceptors (Lipinski definition) is 5. The molecule has 1 N–H and O–H groups in total. The van der Waals surface area contributed by atoms with Crippen LogP contribution in [-0.2, 0) is 4.79 Å². The van der Waals surface area contributed by atoms with Gasteiger partial charge in [-0.25, -0.2) is 18.2 Å². The molecule has 2 fully saturated rings. The molecule has 0 spiro atoms. The molecule has 1 amide bonds. The molecule has 2 aliphatic heterocycles. The number of pyridine rings is 1. The molecule has 1 atom stereocenters. The number of anilines is 3. The fraction of sp³-hybridized carbons (Fsp3) is 0.455. The molecular weight excluding hydrogens is 409 g/mol. The Labute approximate surface area is 178 Å². The number of likely N-dealkylation sites (N-methyl/N-ethyl adjacent to an activating group) is 1. The Morgan fingerprint density at radius 2 is 1.94 bits per heavy atom. The highest BCUT2D eigenvalue weighted by Gasteiger charge is 2.41. The van der Waals surface area contributed by atoms with Crippen LogP contribution in [0.5, 0.6) is 5.75 Å². The number of halogens is 3. The summed E-state index contributed by atoms with van der Waals surface area (Å²) in [6, 6.07) is 5.48. The van der Waals surface area contributed by atoms with Gasteiger partial charge in [-0.2, -0.15) is 0 Å². The van der Waals surface area contributed by atoms with Gasteiger partial charge < -0.3 is 19.9 Å². The van der Waals surface area contributed by atoms with E-state index in [1.54, 1.807) is 4.90 Å². The van der Waals surface area contributed by atoms with Gasteiger partial charge in [-0.05, 0) is 31.9 Å². The largest absolute Gasteiger partial charge is 0.490 e. The lowest BCUT2D eigenvalue weighted by Crippen LogP contribution is -2.51. The van der Waals surface area contributed by atoms with Crippen LogP contribution in [0, 0.1) is 17.5 Å². The van der Waals surface area contributed by atoms with Crippen molar-refractivity contribution in [1.29, 1.82) is 0 Å². The topological polar surface area (TPSA) is 57.7 Å². The summed E-state index contributed by atoms with van der Waals surface area (Å²) in [7, 11) is 0. The molecule has 1 saturated carbocycles. The number of nitrogens with one attached hydrogen (secondary N) is 1. The molecule has 1 unspecified atom stereocenters. The van der Waals surface area contributed by atoms with Crippen LogP contribution < -0.4 is 19.9 Å². The SMILES string of the molecule is CCN1C(=O)C2CCCN2c2nc(NC3CC(Oc4cc(F)c(F)c(F)c4)C3)ccc21. The molecule has 164 valence electrons. The number of benzene rings is 1. The van der Waals surface area contributed by atoms with Gasteiger partial charge in [-0.15, -0.1) is 0 Å². The fourth-order valence-corrected chi connectivity index (χ4v) is 4.63. The molecule has 9 heteroatoms. The molecule has 1 aromatic carbocycles. The predicted octanol–water partition coefficient (Wildman–Crippen LogP) is 3.86. The maximum atomic E-state index is 13.3. The summed E-state index contributed by atoms with van der Waals surface area (Å²) in [6.07, 6.45) is 2.87. The number of fused-ring (bicyclic) bond motifs is 3. The summed E-state index contributed by atoms with van der Waals surface area (Å²) in [5, 5.41) is 3.37. The van der Waals surface area contributed by atoms with Gasteiger partial charge >= 0.3 is 0 Å². The van der Waals surface area contributed by atoms with E-state index in [-0.39, 0.29) is 29.8 Å². The maximum absolute atomic E-state index is 13.3. The van der Waals surface area contributed by atoms with Gasteiger partial charge in [-0.1, -0.05) is 0 Å². The van der Waals surface area contributed by atoms with Crippen molar-refractivity contribution in [3.05, 3.63) is 41.7 Å². The minimum absolute atomic E-state index is 0.0174. The van der Waals surface area contributed by atoms with Gasteiger partial charge in [-0.3, -0.25) is 4.79 Å². The van der Waals surface area contributed by atoms with E-state index >= 15 is 0 Å². The van der Waals surface area contributed by atoms with Crippen LogP contribution >= 0.6 is 0 Å². The Bertz CT molecular complexity index is 1000. The average molecular weight is 432 g/mol. The molecule has 0 bridgehead atoms. The van der Waals surface area contributed by atoms with E-state index in [0.29, 0.717) is 19.4 Å². The first-order chi connectivity index (χ1) is 14.9. The van der Waals surface area contributed by atoms with Crippen molar-refractivity contribution < 1.29 is 22.7 Å². The van der Waals surface area contributed by atoms with Crippen molar-refractivity contribution in [2.45, 2.75) is 50.8 Å². The first-order valence-electron chi connectivity index (χ1n) is 10.6. The van der Waals surface area contributed by atoms with E-state index in [1.807, 2.05) is 19.1 Å². The maximum Gasteiger partial charge on any atom is 0.249 e. The Hall–Kier alpha value is -2.97. The van der Waals surface area contributed by atoms with E-state index in [0.717, 1.165) is 48.8 Å². The van der Waals surface area contributed by atoms with Crippen molar-refractivity contribution in [1.82, 2.24) is 4.98 Å². The number of carbonyl (C=O) groups excluding carboxylic acids is 1. The molecule has 1 aliphatic carbocycles. The number of rotatable bonds is 5. The van der Waals surface area contributed by atoms with Crippen molar-refractivity contribution >= 4 is 23.2 Å². The van der Waals surface area contributed by atoms with Gasteiger partial charge in [0.15, 0.2) is 23.3 Å². The second kappa shape index (κ2) is 7.62. The first kappa shape index (κ1) is 20.0. The third kappa shape index (κ3) is 3.45. The zero-order valence-corrected chi connectivity index (χ0v) is 17.1. The Morgan fingerprint density at radius 1 is 1.19 bits per heavy atom. The Morgan fingerprint density at radius 3 is 2.65 bits per heavy atom. The minimum atomic E-state index is -1.50. The number of carbonyl (C=O) groups is 1. The second-order valence-corrected chi connectivity index (χ2v) is 8.23. The smallest absolute Gasteiger partial charge is 0.249 e. The summed E-state index contributed by atoms with van der Waals surface area (Å²) in [4.78, 5) is 21.4. The Balaban J connectivity index is 1.25. The molecule has 1 aromatic heterocycles. The molecule has 31 heavy (non-hydrogen) atoms. The van der Waals surface area contributed by atoms with Crippen molar-refractivity contribution in [3.8, 4) is 5.75 Å². The van der Waals surface area contributed by atoms with Crippen molar-refractivity contribution in [3.63, 3.8) is 0 Å². The molecule has 5 rings (SSSR count). The van der Waals surface area contributed by atoms with Crippen LogP contribution in [-0.4, -0.2) is 42.2 Å². The van der Waals surface area contributed by atoms with Crippen molar-refractivity contribution in [2.75, 3.05) is 28.2 Å². The number of nitrogens with zero attached hydrogens (tertiary/aromatic N) is 3. The molecule has 0 radical (unpaired) electrons. The molecule has 1 saturated heterocycles. The molecule has 3 heterocycles. The fourth-order valence-electron chi connectivity index (χ4n) is 4.63. The first-order valence-corrected chi connectivity index (χ1v) is 10.6. The molecule has 6 nitrogen and oxygen atoms in total. The van der Waals surface area contributed by atoms with Crippen LogP contribution in [0.25, 0.3) is 0 Å². The quantitative estimate of drug-likeness (QED) is 0.728. The van der Waals surface area contributed by atoms with E-state index in [2.05, 4.69) is 10.2 Å². The van der Waals surface area contributed by atoms with Gasteiger partial charge in [0.1, 0.15) is 23.7 Å². The highest BCUT2D eigenvalue weighted by molar-refractivity contribution is 6.05. The standard InChI is InChI=1S/C22H23F3N4O2/c1-2-28-17-5-6-19(27-21(17)29-7-3-4-18(29)22(28)30)26-12-8-13(9-12)31-14-10-15(23)20(25)16(24)11-14/h5-6,10-13,18H,2-4,7-9H2,1H3,(H,26,27). The molecular formula is C22H23F3N4O2. The van der Waals surface area contributed by atoms with Crippen LogP contribution in [0.1, 0.15) is 32.6 Å². The number of hydrogen-bond donors (Lipinski definition) is 1. The zero-order chi connectivity index (χ0) is 21.7. The summed E-state index contributed by atoms with van der Waals surface area (Å²) in [5.41, 5.74) is 0.839. The van der Waals surface area contributed by atoms with Gasteiger partial charge in [0.2, 0.25) is 5.91 Å².